The summed E-state index contributed by atoms with van der Waals surface area (Å²) < 4.78 is 7.49. The lowest BCUT2D eigenvalue weighted by Gasteiger charge is -2.05. The Kier molecular flexibility index (Phi) is 4.61. The van der Waals surface area contributed by atoms with Crippen molar-refractivity contribution in [1.82, 2.24) is 9.55 Å². The van der Waals surface area contributed by atoms with E-state index in [0.717, 1.165) is 11.0 Å². The van der Waals surface area contributed by atoms with Gasteiger partial charge in [-0.2, -0.15) is 0 Å². The van der Waals surface area contributed by atoms with Gasteiger partial charge in [0.2, 0.25) is 0 Å². The lowest BCUT2D eigenvalue weighted by molar-refractivity contribution is -0.143. The molecule has 1 heterocycles. The van der Waals surface area contributed by atoms with Crippen LogP contribution in [0.1, 0.15) is 19.8 Å². The van der Waals surface area contributed by atoms with Crippen LogP contribution in [0.4, 0.5) is 0 Å². The molecule has 6 heteroatoms. The molecule has 2 aromatic rings. The fraction of sp³-hybridized carbons (Fsp3) is 0.385. The SMILES string of the molecule is CCOC(=O)CCCn1c(=S)[nH]c2ccc(Cl)cc21. The third-order valence-electron chi connectivity index (χ3n) is 2.81. The fourth-order valence-corrected chi connectivity index (χ4v) is 2.43. The maximum Gasteiger partial charge on any atom is 0.305 e. The molecule has 0 amide bonds. The van der Waals surface area contributed by atoms with Gasteiger partial charge in [-0.3, -0.25) is 4.79 Å². The average Bonchev–Trinajstić information content (AvgIpc) is 2.66. The molecule has 0 bridgehead atoms. The van der Waals surface area contributed by atoms with Gasteiger partial charge in [0.15, 0.2) is 4.77 Å². The zero-order valence-corrected chi connectivity index (χ0v) is 12.2. The number of aromatic amines is 1. The normalized spacial score (nSPS) is 10.8. The quantitative estimate of drug-likeness (QED) is 0.676. The topological polar surface area (TPSA) is 47.0 Å². The van der Waals surface area contributed by atoms with Gasteiger partial charge in [0.25, 0.3) is 0 Å². The van der Waals surface area contributed by atoms with E-state index in [4.69, 9.17) is 28.6 Å². The number of carbonyl (C=O) groups excluding carboxylic acids is 1. The maximum absolute atomic E-state index is 11.3. The summed E-state index contributed by atoms with van der Waals surface area (Å²) in [5.74, 6) is -0.174. The number of rotatable bonds is 5. The lowest BCUT2D eigenvalue weighted by Crippen LogP contribution is -2.06. The maximum atomic E-state index is 11.3. The number of hydrogen-bond acceptors (Lipinski definition) is 3. The number of nitrogens with zero attached hydrogens (tertiary/aromatic N) is 1. The third-order valence-corrected chi connectivity index (χ3v) is 3.36. The third kappa shape index (κ3) is 3.36. The molecule has 4 nitrogen and oxygen atoms in total. The Bertz CT molecular complexity index is 648. The van der Waals surface area contributed by atoms with Crippen LogP contribution >= 0.6 is 23.8 Å². The molecule has 0 unspecified atom stereocenters. The van der Waals surface area contributed by atoms with E-state index in [9.17, 15) is 4.79 Å². The van der Waals surface area contributed by atoms with Gasteiger partial charge in [-0.25, -0.2) is 0 Å². The van der Waals surface area contributed by atoms with Gasteiger partial charge in [0, 0.05) is 18.0 Å². The van der Waals surface area contributed by atoms with Crippen molar-refractivity contribution >= 4 is 40.8 Å². The largest absolute Gasteiger partial charge is 0.466 e. The average molecular weight is 299 g/mol. The molecule has 1 N–H and O–H groups in total. The molecule has 0 aliphatic carbocycles. The Morgan fingerprint density at radius 2 is 2.32 bits per heavy atom. The van der Waals surface area contributed by atoms with Crippen molar-refractivity contribution in [3.05, 3.63) is 28.0 Å². The molecule has 0 atom stereocenters. The number of benzene rings is 1. The van der Waals surface area contributed by atoms with E-state index in [0.29, 0.717) is 35.8 Å². The van der Waals surface area contributed by atoms with Crippen LogP contribution in [-0.2, 0) is 16.1 Å². The van der Waals surface area contributed by atoms with Gasteiger partial charge < -0.3 is 14.3 Å². The summed E-state index contributed by atoms with van der Waals surface area (Å²) in [6, 6.07) is 5.58. The molecule has 0 saturated carbocycles. The molecule has 2 rings (SSSR count). The number of halogens is 1. The van der Waals surface area contributed by atoms with Crippen LogP contribution in [0.2, 0.25) is 5.02 Å². The highest BCUT2D eigenvalue weighted by Crippen LogP contribution is 2.19. The van der Waals surface area contributed by atoms with Crippen LogP contribution in [0.3, 0.4) is 0 Å². The van der Waals surface area contributed by atoms with E-state index in [2.05, 4.69) is 4.98 Å². The second-order valence-corrected chi connectivity index (χ2v) is 4.97. The Labute approximate surface area is 121 Å². The number of fused-ring (bicyclic) bond motifs is 1. The second-order valence-electron chi connectivity index (χ2n) is 4.15. The number of H-pyrrole nitrogens is 1. The summed E-state index contributed by atoms with van der Waals surface area (Å²) in [4.78, 5) is 14.4. The summed E-state index contributed by atoms with van der Waals surface area (Å²) in [5, 5.41) is 0.667. The molecule has 0 radical (unpaired) electrons. The molecule has 102 valence electrons. The number of ether oxygens (including phenoxy) is 1. The molecule has 0 saturated heterocycles. The molecular formula is C13H15ClN2O2S. The number of imidazole rings is 1. The Hall–Kier alpha value is -1.33. The molecular weight excluding hydrogens is 284 g/mol. The molecule has 0 aliphatic heterocycles. The molecule has 0 fully saturated rings. The van der Waals surface area contributed by atoms with Crippen molar-refractivity contribution in [1.29, 1.82) is 0 Å². The minimum absolute atomic E-state index is 0.174. The summed E-state index contributed by atoms with van der Waals surface area (Å²) >= 11 is 11.3. The first-order valence-corrected chi connectivity index (χ1v) is 6.94. The zero-order chi connectivity index (χ0) is 13.8. The standard InChI is InChI=1S/C13H15ClN2O2S/c1-2-18-12(17)4-3-7-16-11-8-9(14)5-6-10(11)15-13(16)19/h5-6,8H,2-4,7H2,1H3,(H,15,19). The minimum atomic E-state index is -0.174. The van der Waals surface area contributed by atoms with Crippen LogP contribution in [-0.4, -0.2) is 22.1 Å². The number of nitrogens with one attached hydrogen (secondary N) is 1. The Morgan fingerprint density at radius 1 is 1.53 bits per heavy atom. The Balaban J connectivity index is 2.12. The first-order chi connectivity index (χ1) is 9.11. The highest BCUT2D eigenvalue weighted by molar-refractivity contribution is 7.71. The molecule has 19 heavy (non-hydrogen) atoms. The summed E-state index contributed by atoms with van der Waals surface area (Å²) in [6.45, 7) is 2.88. The summed E-state index contributed by atoms with van der Waals surface area (Å²) in [6.07, 6.45) is 1.08. The Morgan fingerprint density at radius 3 is 3.05 bits per heavy atom. The number of hydrogen-bond donors (Lipinski definition) is 1. The summed E-state index contributed by atoms with van der Waals surface area (Å²) in [5.41, 5.74) is 1.91. The fourth-order valence-electron chi connectivity index (χ4n) is 1.96. The van der Waals surface area contributed by atoms with E-state index in [1.807, 2.05) is 22.8 Å². The van der Waals surface area contributed by atoms with Crippen molar-refractivity contribution in [3.8, 4) is 0 Å². The van der Waals surface area contributed by atoms with E-state index in [1.165, 1.54) is 0 Å². The molecule has 0 aliphatic rings. The number of carbonyl (C=O) groups is 1. The predicted molar refractivity (Wildman–Crippen MR) is 78.0 cm³/mol. The van der Waals surface area contributed by atoms with Crippen molar-refractivity contribution < 1.29 is 9.53 Å². The lowest BCUT2D eigenvalue weighted by atomic mass is 10.3. The monoisotopic (exact) mass is 298 g/mol. The van der Waals surface area contributed by atoms with Crippen LogP contribution in [0, 0.1) is 4.77 Å². The summed E-state index contributed by atoms with van der Waals surface area (Å²) in [7, 11) is 0. The zero-order valence-electron chi connectivity index (χ0n) is 10.6. The van der Waals surface area contributed by atoms with Gasteiger partial charge >= 0.3 is 5.97 Å². The van der Waals surface area contributed by atoms with Crippen molar-refractivity contribution in [3.63, 3.8) is 0 Å². The van der Waals surface area contributed by atoms with Crippen molar-refractivity contribution in [2.45, 2.75) is 26.3 Å². The van der Waals surface area contributed by atoms with Crippen LogP contribution in [0.15, 0.2) is 18.2 Å². The molecule has 1 aromatic carbocycles. The molecule has 1 aromatic heterocycles. The van der Waals surface area contributed by atoms with E-state index < -0.39 is 0 Å². The highest BCUT2D eigenvalue weighted by atomic mass is 35.5. The number of esters is 1. The van der Waals surface area contributed by atoms with Gasteiger partial charge in [0.1, 0.15) is 0 Å². The van der Waals surface area contributed by atoms with E-state index in [-0.39, 0.29) is 5.97 Å². The van der Waals surface area contributed by atoms with Crippen LogP contribution < -0.4 is 0 Å². The van der Waals surface area contributed by atoms with Crippen LogP contribution in [0.5, 0.6) is 0 Å². The van der Waals surface area contributed by atoms with E-state index in [1.54, 1.807) is 6.92 Å². The van der Waals surface area contributed by atoms with Crippen molar-refractivity contribution in [2.24, 2.45) is 0 Å². The van der Waals surface area contributed by atoms with E-state index >= 15 is 0 Å². The highest BCUT2D eigenvalue weighted by Gasteiger charge is 2.06. The van der Waals surface area contributed by atoms with Crippen LogP contribution in [0.25, 0.3) is 11.0 Å². The van der Waals surface area contributed by atoms with Gasteiger partial charge in [-0.1, -0.05) is 11.6 Å². The minimum Gasteiger partial charge on any atom is -0.466 e. The molecule has 0 spiro atoms. The van der Waals surface area contributed by atoms with Gasteiger partial charge in [0.05, 0.1) is 17.6 Å². The van der Waals surface area contributed by atoms with Gasteiger partial charge in [-0.15, -0.1) is 0 Å². The second kappa shape index (κ2) is 6.21. The predicted octanol–water partition coefficient (Wildman–Crippen LogP) is 3.70. The van der Waals surface area contributed by atoms with Gasteiger partial charge in [-0.05, 0) is 43.8 Å². The number of aromatic nitrogens is 2. The number of aryl methyl sites for hydroxylation is 1. The first kappa shape index (κ1) is 14.1. The van der Waals surface area contributed by atoms with Crippen molar-refractivity contribution in [2.75, 3.05) is 6.61 Å². The first-order valence-electron chi connectivity index (χ1n) is 6.15. The smallest absolute Gasteiger partial charge is 0.305 e.